The summed E-state index contributed by atoms with van der Waals surface area (Å²) in [5.41, 5.74) is 2.53. The Morgan fingerprint density at radius 1 is 1.06 bits per heavy atom. The number of nitro benzene ring substituents is 1. The van der Waals surface area contributed by atoms with Gasteiger partial charge in [-0.15, -0.1) is 0 Å². The first kappa shape index (κ1) is 21.0. The first-order chi connectivity index (χ1) is 16.2. The quantitative estimate of drug-likeness (QED) is 0.419. The number of hydrogen-bond acceptors (Lipinski definition) is 6. The van der Waals surface area contributed by atoms with E-state index in [1.54, 1.807) is 13.0 Å². The highest BCUT2D eigenvalue weighted by atomic mass is 16.6. The van der Waals surface area contributed by atoms with Crippen molar-refractivity contribution in [3.8, 4) is 0 Å². The number of fused-ring (bicyclic) bond motifs is 7. The van der Waals surface area contributed by atoms with Crippen molar-refractivity contribution >= 4 is 34.8 Å². The number of nitrogens with one attached hydrogen (secondary N) is 1. The fraction of sp³-hybridized carbons (Fsp3) is 0.400. The Morgan fingerprint density at radius 3 is 2.56 bits per heavy atom. The molecule has 3 saturated heterocycles. The topological polar surface area (TPSA) is 113 Å². The Morgan fingerprint density at radius 2 is 1.82 bits per heavy atom. The maximum Gasteiger partial charge on any atom is 0.274 e. The average Bonchev–Trinajstić information content (AvgIpc) is 3.50. The third-order valence-corrected chi connectivity index (χ3v) is 8.41. The van der Waals surface area contributed by atoms with Gasteiger partial charge in [-0.25, -0.2) is 4.90 Å². The zero-order chi connectivity index (χ0) is 24.1. The molecule has 1 N–H and O–H groups in total. The van der Waals surface area contributed by atoms with Gasteiger partial charge in [0.15, 0.2) is 0 Å². The predicted molar refractivity (Wildman–Crippen MR) is 123 cm³/mol. The molecule has 174 valence electrons. The number of anilines is 2. The SMILES string of the molecule is Cc1ccc2c(c1C)NC(=O)[C@]21[C@H]2C(=O)N(c3cccc([N+](=O)[O-])c3C)C(=O)[C@@H]2[C@H]2CCCN21. The minimum absolute atomic E-state index is 0.151. The van der Waals surface area contributed by atoms with Crippen molar-refractivity contribution in [3.05, 3.63) is 62.7 Å². The van der Waals surface area contributed by atoms with Crippen molar-refractivity contribution in [2.24, 2.45) is 11.8 Å². The maximum absolute atomic E-state index is 14.1. The standard InChI is InChI=1S/C25H24N4O5/c1-12-9-10-15-21(13(12)2)26-24(32)25(15)20-19(18-8-5-11-27(18)25)22(30)28(23(20)31)16-6-4-7-17(14(16)3)29(33)34/h4,6-7,9-10,18-20H,5,8,11H2,1-3H3,(H,26,32)/t18-,19-,20-,25-/m1/s1. The van der Waals surface area contributed by atoms with Crippen molar-refractivity contribution in [2.45, 2.75) is 45.2 Å². The van der Waals surface area contributed by atoms with Gasteiger partial charge in [-0.2, -0.15) is 0 Å². The van der Waals surface area contributed by atoms with Gasteiger partial charge in [0, 0.05) is 23.4 Å². The lowest BCUT2D eigenvalue weighted by Crippen LogP contribution is -2.54. The van der Waals surface area contributed by atoms with Crippen LogP contribution in [0.1, 0.15) is 35.1 Å². The minimum atomic E-state index is -1.25. The van der Waals surface area contributed by atoms with E-state index in [4.69, 9.17) is 0 Å². The van der Waals surface area contributed by atoms with E-state index in [9.17, 15) is 24.5 Å². The van der Waals surface area contributed by atoms with Crippen LogP contribution in [0.2, 0.25) is 0 Å². The van der Waals surface area contributed by atoms with Crippen LogP contribution >= 0.6 is 0 Å². The van der Waals surface area contributed by atoms with Crippen LogP contribution in [0.25, 0.3) is 0 Å². The summed E-state index contributed by atoms with van der Waals surface area (Å²) in [4.78, 5) is 55.8. The first-order valence-corrected chi connectivity index (χ1v) is 11.5. The zero-order valence-corrected chi connectivity index (χ0v) is 19.1. The van der Waals surface area contributed by atoms with Gasteiger partial charge in [-0.1, -0.05) is 18.2 Å². The third-order valence-electron chi connectivity index (χ3n) is 8.41. The van der Waals surface area contributed by atoms with Crippen LogP contribution in [0.4, 0.5) is 17.1 Å². The molecule has 0 unspecified atom stereocenters. The van der Waals surface area contributed by atoms with E-state index in [-0.39, 0.29) is 34.8 Å². The number of rotatable bonds is 2. The van der Waals surface area contributed by atoms with Gasteiger partial charge >= 0.3 is 0 Å². The highest BCUT2D eigenvalue weighted by molar-refractivity contribution is 6.26. The van der Waals surface area contributed by atoms with Crippen molar-refractivity contribution in [1.29, 1.82) is 0 Å². The molecule has 9 nitrogen and oxygen atoms in total. The van der Waals surface area contributed by atoms with Gasteiger partial charge < -0.3 is 5.32 Å². The molecule has 4 atom stereocenters. The van der Waals surface area contributed by atoms with E-state index < -0.39 is 28.2 Å². The van der Waals surface area contributed by atoms with Crippen LogP contribution in [0.3, 0.4) is 0 Å². The fourth-order valence-electron chi connectivity index (χ4n) is 6.81. The number of nitrogens with zero attached hydrogens (tertiary/aromatic N) is 3. The highest BCUT2D eigenvalue weighted by Gasteiger charge is 2.74. The number of carbonyl (C=O) groups excluding carboxylic acids is 3. The van der Waals surface area contributed by atoms with E-state index in [1.807, 2.05) is 26.0 Å². The lowest BCUT2D eigenvalue weighted by atomic mass is 9.75. The molecule has 2 aromatic carbocycles. The van der Waals surface area contributed by atoms with Crippen molar-refractivity contribution in [1.82, 2.24) is 4.90 Å². The van der Waals surface area contributed by atoms with Gasteiger partial charge in [-0.05, 0) is 57.4 Å². The van der Waals surface area contributed by atoms with E-state index in [1.165, 1.54) is 12.1 Å². The second-order valence-electron chi connectivity index (χ2n) is 9.75. The monoisotopic (exact) mass is 460 g/mol. The van der Waals surface area contributed by atoms with Gasteiger partial charge in [0.05, 0.1) is 28.0 Å². The van der Waals surface area contributed by atoms with Gasteiger partial charge in [0.1, 0.15) is 5.54 Å². The predicted octanol–water partition coefficient (Wildman–Crippen LogP) is 2.95. The van der Waals surface area contributed by atoms with Gasteiger partial charge in [-0.3, -0.25) is 29.4 Å². The molecule has 0 aromatic heterocycles. The zero-order valence-electron chi connectivity index (χ0n) is 19.1. The lowest BCUT2D eigenvalue weighted by Gasteiger charge is -2.36. The number of benzene rings is 2. The van der Waals surface area contributed by atoms with E-state index >= 15 is 0 Å². The molecule has 3 amide bonds. The summed E-state index contributed by atoms with van der Waals surface area (Å²) in [6.07, 6.45) is 1.55. The molecule has 2 aromatic rings. The largest absolute Gasteiger partial charge is 0.324 e. The second kappa shape index (κ2) is 6.73. The van der Waals surface area contributed by atoms with Crippen molar-refractivity contribution in [2.75, 3.05) is 16.8 Å². The molecular formula is C25H24N4O5. The number of amides is 3. The molecule has 1 spiro atoms. The Balaban J connectivity index is 1.56. The summed E-state index contributed by atoms with van der Waals surface area (Å²) < 4.78 is 0. The van der Waals surface area contributed by atoms with Crippen LogP contribution in [0.5, 0.6) is 0 Å². The molecule has 34 heavy (non-hydrogen) atoms. The number of hydrogen-bond donors (Lipinski definition) is 1. The molecule has 0 aliphatic carbocycles. The van der Waals surface area contributed by atoms with E-state index in [0.717, 1.165) is 40.1 Å². The number of aryl methyl sites for hydroxylation is 1. The van der Waals surface area contributed by atoms with Crippen LogP contribution in [0.15, 0.2) is 30.3 Å². The smallest absolute Gasteiger partial charge is 0.274 e. The summed E-state index contributed by atoms with van der Waals surface area (Å²) in [7, 11) is 0. The summed E-state index contributed by atoms with van der Waals surface area (Å²) in [6, 6.07) is 8.04. The Kier molecular flexibility index (Phi) is 4.15. The van der Waals surface area contributed by atoms with Gasteiger partial charge in [0.2, 0.25) is 17.7 Å². The van der Waals surface area contributed by atoms with Crippen LogP contribution in [-0.2, 0) is 19.9 Å². The molecule has 4 aliphatic heterocycles. The maximum atomic E-state index is 14.1. The molecule has 4 aliphatic rings. The molecule has 0 radical (unpaired) electrons. The van der Waals surface area contributed by atoms with Crippen LogP contribution in [0, 0.1) is 42.7 Å². The number of nitro groups is 1. The Hall–Kier alpha value is -3.59. The molecule has 6 rings (SSSR count). The van der Waals surface area contributed by atoms with Crippen molar-refractivity contribution in [3.63, 3.8) is 0 Å². The van der Waals surface area contributed by atoms with Crippen LogP contribution < -0.4 is 10.2 Å². The summed E-state index contributed by atoms with van der Waals surface area (Å²) >= 11 is 0. The third kappa shape index (κ3) is 2.25. The molecule has 0 bridgehead atoms. The van der Waals surface area contributed by atoms with Crippen LogP contribution in [-0.4, -0.2) is 40.1 Å². The fourth-order valence-corrected chi connectivity index (χ4v) is 6.81. The number of imide groups is 1. The summed E-state index contributed by atoms with van der Waals surface area (Å²) in [5, 5.41) is 14.5. The second-order valence-corrected chi connectivity index (χ2v) is 9.75. The summed E-state index contributed by atoms with van der Waals surface area (Å²) in [5.74, 6) is -2.67. The molecule has 4 heterocycles. The van der Waals surface area contributed by atoms with E-state index in [0.29, 0.717) is 6.54 Å². The van der Waals surface area contributed by atoms with E-state index in [2.05, 4.69) is 10.2 Å². The summed E-state index contributed by atoms with van der Waals surface area (Å²) in [6.45, 7) is 6.10. The number of carbonyl (C=O) groups is 3. The molecule has 9 heteroatoms. The normalized spacial score (nSPS) is 29.6. The van der Waals surface area contributed by atoms with Gasteiger partial charge in [0.25, 0.3) is 5.69 Å². The molecule has 0 saturated carbocycles. The molecule has 3 fully saturated rings. The highest BCUT2D eigenvalue weighted by Crippen LogP contribution is 2.61. The first-order valence-electron chi connectivity index (χ1n) is 11.5. The lowest BCUT2D eigenvalue weighted by molar-refractivity contribution is -0.385. The molecular weight excluding hydrogens is 436 g/mol. The minimum Gasteiger partial charge on any atom is -0.324 e. The van der Waals surface area contributed by atoms with Crippen molar-refractivity contribution < 1.29 is 19.3 Å². The average molecular weight is 460 g/mol. The Bertz CT molecular complexity index is 1340. The Labute approximate surface area is 195 Å².